The van der Waals surface area contributed by atoms with Crippen molar-refractivity contribution in [1.29, 1.82) is 0 Å². The molecule has 2 aliphatic heterocycles. The molecule has 5 rings (SSSR count). The third-order valence-corrected chi connectivity index (χ3v) is 6.50. The Kier molecular flexibility index (Phi) is 5.48. The quantitative estimate of drug-likeness (QED) is 0.642. The smallest absolute Gasteiger partial charge is 0.236 e. The normalized spacial score (nSPS) is 20.5. The van der Waals surface area contributed by atoms with E-state index in [1.807, 2.05) is 41.6 Å². The Morgan fingerprint density at radius 2 is 1.94 bits per heavy atom. The molecule has 164 valence electrons. The first-order valence-corrected chi connectivity index (χ1v) is 11.4. The minimum Gasteiger partial charge on any atom is -0.356 e. The lowest BCUT2D eigenvalue weighted by Crippen LogP contribution is -2.45. The lowest BCUT2D eigenvalue weighted by molar-refractivity contribution is -0.133. The molecule has 0 aliphatic carbocycles. The van der Waals surface area contributed by atoms with Gasteiger partial charge in [-0.15, -0.1) is 0 Å². The number of amides is 1. The van der Waals surface area contributed by atoms with Crippen LogP contribution in [0.15, 0.2) is 22.9 Å². The summed E-state index contributed by atoms with van der Waals surface area (Å²) >= 11 is 0. The predicted molar refractivity (Wildman–Crippen MR) is 117 cm³/mol. The van der Waals surface area contributed by atoms with E-state index in [0.29, 0.717) is 6.54 Å². The summed E-state index contributed by atoms with van der Waals surface area (Å²) in [5, 5.41) is 8.82. The monoisotopic (exact) mass is 422 g/mol. The Hall–Kier alpha value is -2.74. The van der Waals surface area contributed by atoms with Crippen LogP contribution in [0.1, 0.15) is 55.1 Å². The van der Waals surface area contributed by atoms with Crippen LogP contribution >= 0.6 is 0 Å². The minimum absolute atomic E-state index is 0.244. The van der Waals surface area contributed by atoms with E-state index in [4.69, 9.17) is 9.62 Å². The van der Waals surface area contributed by atoms with E-state index in [1.54, 1.807) is 0 Å². The number of hydrogen-bond donors (Lipinski definition) is 0. The molecule has 8 heteroatoms. The first kappa shape index (κ1) is 20.2. The molecule has 0 aromatic carbocycles. The highest BCUT2D eigenvalue weighted by molar-refractivity contribution is 5.78. The molecule has 0 saturated carbocycles. The molecule has 0 spiro atoms. The zero-order chi connectivity index (χ0) is 21.4. The first-order valence-electron chi connectivity index (χ1n) is 11.4. The van der Waals surface area contributed by atoms with Crippen molar-refractivity contribution in [1.82, 2.24) is 29.6 Å². The zero-order valence-electron chi connectivity index (χ0n) is 18.4. The van der Waals surface area contributed by atoms with Crippen LogP contribution in [0.25, 0.3) is 17.0 Å². The summed E-state index contributed by atoms with van der Waals surface area (Å²) in [5.41, 5.74) is 4.66. The fourth-order valence-corrected chi connectivity index (χ4v) is 5.00. The lowest BCUT2D eigenvalue weighted by Gasteiger charge is -2.35. The SMILES string of the molecule is Cc1cc(-c2cnc3cc(C)nn3c2[C@@H]2CCCN(CC(=O)N3CCCCC3)C2)on1. The summed E-state index contributed by atoms with van der Waals surface area (Å²) in [4.78, 5) is 21.8. The van der Waals surface area contributed by atoms with Crippen molar-refractivity contribution < 1.29 is 9.32 Å². The standard InChI is InChI=1S/C23H30N6O2/c1-16-12-21-24-13-19(20-11-17(2)26-31-20)23(29(21)25-16)18-7-6-8-27(14-18)15-22(30)28-9-4-3-5-10-28/h11-13,18H,3-10,14-15H2,1-2H3/t18-/m1/s1. The highest BCUT2D eigenvalue weighted by Gasteiger charge is 2.30. The highest BCUT2D eigenvalue weighted by Crippen LogP contribution is 2.35. The molecule has 1 atom stereocenters. The Bertz CT molecular complexity index is 1080. The number of hydrogen-bond acceptors (Lipinski definition) is 6. The summed E-state index contributed by atoms with van der Waals surface area (Å²) in [6.45, 7) is 8.01. The predicted octanol–water partition coefficient (Wildman–Crippen LogP) is 3.19. The molecule has 2 fully saturated rings. The van der Waals surface area contributed by atoms with Gasteiger partial charge >= 0.3 is 0 Å². The summed E-state index contributed by atoms with van der Waals surface area (Å²) in [7, 11) is 0. The number of piperidine rings is 2. The van der Waals surface area contributed by atoms with Crippen molar-refractivity contribution in [2.24, 2.45) is 0 Å². The number of rotatable bonds is 4. The summed E-state index contributed by atoms with van der Waals surface area (Å²) < 4.78 is 7.56. The van der Waals surface area contributed by atoms with Gasteiger partial charge in [-0.25, -0.2) is 9.50 Å². The van der Waals surface area contributed by atoms with E-state index in [9.17, 15) is 4.79 Å². The molecule has 0 bridgehead atoms. The number of carbonyl (C=O) groups is 1. The van der Waals surface area contributed by atoms with E-state index >= 15 is 0 Å². The van der Waals surface area contributed by atoms with Gasteiger partial charge in [0, 0.05) is 43.9 Å². The van der Waals surface area contributed by atoms with Crippen molar-refractivity contribution in [2.75, 3.05) is 32.7 Å². The maximum absolute atomic E-state index is 12.8. The molecule has 31 heavy (non-hydrogen) atoms. The van der Waals surface area contributed by atoms with Crippen LogP contribution in [0.4, 0.5) is 0 Å². The average molecular weight is 423 g/mol. The maximum atomic E-state index is 12.8. The van der Waals surface area contributed by atoms with Gasteiger partial charge in [0.1, 0.15) is 0 Å². The van der Waals surface area contributed by atoms with E-state index in [-0.39, 0.29) is 11.8 Å². The van der Waals surface area contributed by atoms with Crippen LogP contribution in [0.2, 0.25) is 0 Å². The highest BCUT2D eigenvalue weighted by atomic mass is 16.5. The largest absolute Gasteiger partial charge is 0.356 e. The number of likely N-dealkylation sites (tertiary alicyclic amines) is 2. The Labute approximate surface area is 182 Å². The Balaban J connectivity index is 1.44. The van der Waals surface area contributed by atoms with Crippen molar-refractivity contribution >= 4 is 11.6 Å². The second kappa shape index (κ2) is 8.42. The van der Waals surface area contributed by atoms with E-state index in [2.05, 4.69) is 15.0 Å². The van der Waals surface area contributed by atoms with Gasteiger partial charge in [0.15, 0.2) is 11.4 Å². The van der Waals surface area contributed by atoms with Crippen LogP contribution in [-0.4, -0.2) is 68.2 Å². The molecule has 3 aromatic rings. The number of aryl methyl sites for hydroxylation is 2. The lowest BCUT2D eigenvalue weighted by atomic mass is 9.91. The maximum Gasteiger partial charge on any atom is 0.236 e. The van der Waals surface area contributed by atoms with Gasteiger partial charge in [0.05, 0.1) is 29.2 Å². The molecule has 0 N–H and O–H groups in total. The van der Waals surface area contributed by atoms with Crippen LogP contribution in [-0.2, 0) is 4.79 Å². The molecule has 0 radical (unpaired) electrons. The third kappa shape index (κ3) is 4.08. The van der Waals surface area contributed by atoms with Gasteiger partial charge in [0.2, 0.25) is 5.91 Å². The van der Waals surface area contributed by atoms with Crippen LogP contribution in [0.3, 0.4) is 0 Å². The average Bonchev–Trinajstić information content (AvgIpc) is 3.38. The summed E-state index contributed by atoms with van der Waals surface area (Å²) in [6, 6.07) is 3.95. The Morgan fingerprint density at radius 1 is 1.10 bits per heavy atom. The molecule has 2 aliphatic rings. The van der Waals surface area contributed by atoms with Gasteiger partial charge in [-0.2, -0.15) is 5.10 Å². The van der Waals surface area contributed by atoms with Gasteiger partial charge < -0.3 is 9.42 Å². The van der Waals surface area contributed by atoms with E-state index in [1.165, 1.54) is 6.42 Å². The fraction of sp³-hybridized carbons (Fsp3) is 0.565. The number of fused-ring (bicyclic) bond motifs is 1. The van der Waals surface area contributed by atoms with Crippen molar-refractivity contribution in [2.45, 2.75) is 51.9 Å². The number of nitrogens with zero attached hydrogens (tertiary/aromatic N) is 6. The van der Waals surface area contributed by atoms with Crippen molar-refractivity contribution in [3.63, 3.8) is 0 Å². The van der Waals surface area contributed by atoms with Crippen LogP contribution in [0.5, 0.6) is 0 Å². The Morgan fingerprint density at radius 3 is 2.71 bits per heavy atom. The van der Waals surface area contributed by atoms with Gasteiger partial charge in [-0.1, -0.05) is 5.16 Å². The number of aromatic nitrogens is 4. The second-order valence-corrected chi connectivity index (χ2v) is 8.96. The second-order valence-electron chi connectivity index (χ2n) is 8.96. The molecule has 2 saturated heterocycles. The van der Waals surface area contributed by atoms with E-state index in [0.717, 1.165) is 85.9 Å². The van der Waals surface area contributed by atoms with Crippen LogP contribution < -0.4 is 0 Å². The van der Waals surface area contributed by atoms with E-state index < -0.39 is 0 Å². The molecular weight excluding hydrogens is 392 g/mol. The first-order chi connectivity index (χ1) is 15.1. The minimum atomic E-state index is 0.244. The van der Waals surface area contributed by atoms with Gasteiger partial charge in [0.25, 0.3) is 0 Å². The van der Waals surface area contributed by atoms with Gasteiger partial charge in [-0.3, -0.25) is 9.69 Å². The molecule has 1 amide bonds. The fourth-order valence-electron chi connectivity index (χ4n) is 5.00. The molecule has 8 nitrogen and oxygen atoms in total. The van der Waals surface area contributed by atoms with Crippen molar-refractivity contribution in [3.8, 4) is 11.3 Å². The van der Waals surface area contributed by atoms with Crippen LogP contribution in [0, 0.1) is 13.8 Å². The molecule has 0 unspecified atom stereocenters. The molecule has 3 aromatic heterocycles. The topological polar surface area (TPSA) is 79.8 Å². The van der Waals surface area contributed by atoms with Crippen molar-refractivity contribution in [3.05, 3.63) is 35.4 Å². The molecular formula is C23H30N6O2. The molecule has 5 heterocycles. The summed E-state index contributed by atoms with van der Waals surface area (Å²) in [6.07, 6.45) is 7.47. The van der Waals surface area contributed by atoms with Gasteiger partial charge in [-0.05, 0) is 52.5 Å². The zero-order valence-corrected chi connectivity index (χ0v) is 18.4. The summed E-state index contributed by atoms with van der Waals surface area (Å²) in [5.74, 6) is 1.23. The number of carbonyl (C=O) groups excluding carboxylic acids is 1. The third-order valence-electron chi connectivity index (χ3n) is 6.50.